The molecule has 6 nitrogen and oxygen atoms in total. The summed E-state index contributed by atoms with van der Waals surface area (Å²) in [5.41, 5.74) is 1.57. The fourth-order valence-corrected chi connectivity index (χ4v) is 4.02. The molecule has 0 aliphatic heterocycles. The monoisotopic (exact) mass is 440 g/mol. The van der Waals surface area contributed by atoms with Crippen LogP contribution in [0.1, 0.15) is 19.4 Å². The van der Waals surface area contributed by atoms with E-state index in [-0.39, 0.29) is 23.5 Å². The van der Waals surface area contributed by atoms with Crippen molar-refractivity contribution in [3.8, 4) is 5.75 Å². The minimum atomic E-state index is -3.55. The Kier molecular flexibility index (Phi) is 6.80. The second-order valence-corrected chi connectivity index (χ2v) is 8.64. The molecule has 0 aromatic heterocycles. The van der Waals surface area contributed by atoms with Crippen molar-refractivity contribution in [2.45, 2.75) is 31.7 Å². The SMILES string of the molecule is Cc1ccc(OCC(=O)Nc2ccc(S(=O)(=O)NC(C)C)cc2)c(Br)c1. The van der Waals surface area contributed by atoms with Crippen molar-refractivity contribution in [2.24, 2.45) is 0 Å². The number of ether oxygens (including phenoxy) is 1. The molecule has 1 amide bonds. The first kappa shape index (κ1) is 20.4. The number of hydrogen-bond donors (Lipinski definition) is 2. The Morgan fingerprint density at radius 3 is 2.38 bits per heavy atom. The highest BCUT2D eigenvalue weighted by Crippen LogP contribution is 2.25. The first-order chi connectivity index (χ1) is 12.2. The number of aryl methyl sites for hydroxylation is 1. The molecule has 8 heteroatoms. The van der Waals surface area contributed by atoms with Gasteiger partial charge < -0.3 is 10.1 Å². The molecule has 0 atom stereocenters. The maximum absolute atomic E-state index is 12.1. The van der Waals surface area contributed by atoms with E-state index in [1.807, 2.05) is 19.1 Å². The zero-order valence-corrected chi connectivity index (χ0v) is 17.1. The molecule has 0 unspecified atom stereocenters. The van der Waals surface area contributed by atoms with Crippen molar-refractivity contribution in [3.63, 3.8) is 0 Å². The molecule has 140 valence electrons. The maximum atomic E-state index is 12.1. The average molecular weight is 441 g/mol. The fourth-order valence-electron chi connectivity index (χ4n) is 2.16. The van der Waals surface area contributed by atoms with Crippen molar-refractivity contribution >= 4 is 37.5 Å². The van der Waals surface area contributed by atoms with E-state index in [2.05, 4.69) is 26.0 Å². The lowest BCUT2D eigenvalue weighted by atomic mass is 10.2. The third kappa shape index (κ3) is 5.82. The third-order valence-corrected chi connectivity index (χ3v) is 5.58. The van der Waals surface area contributed by atoms with Gasteiger partial charge in [-0.15, -0.1) is 0 Å². The predicted molar refractivity (Wildman–Crippen MR) is 105 cm³/mol. The molecule has 0 saturated carbocycles. The van der Waals surface area contributed by atoms with Gasteiger partial charge in [0.2, 0.25) is 10.0 Å². The number of halogens is 1. The van der Waals surface area contributed by atoms with Crippen LogP contribution in [-0.2, 0) is 14.8 Å². The lowest BCUT2D eigenvalue weighted by molar-refractivity contribution is -0.118. The zero-order chi connectivity index (χ0) is 19.3. The molecule has 0 heterocycles. The van der Waals surface area contributed by atoms with Gasteiger partial charge in [-0.3, -0.25) is 4.79 Å². The number of hydrogen-bond acceptors (Lipinski definition) is 4. The molecule has 0 spiro atoms. The molecule has 0 aliphatic rings. The van der Waals surface area contributed by atoms with E-state index in [0.29, 0.717) is 11.4 Å². The summed E-state index contributed by atoms with van der Waals surface area (Å²) in [5, 5.41) is 2.67. The number of nitrogens with one attached hydrogen (secondary N) is 2. The van der Waals surface area contributed by atoms with E-state index < -0.39 is 10.0 Å². The van der Waals surface area contributed by atoms with Crippen molar-refractivity contribution in [3.05, 3.63) is 52.5 Å². The Hall–Kier alpha value is -1.90. The second kappa shape index (κ2) is 8.66. The molecule has 0 aliphatic carbocycles. The quantitative estimate of drug-likeness (QED) is 0.690. The Morgan fingerprint density at radius 1 is 1.15 bits per heavy atom. The largest absolute Gasteiger partial charge is 0.483 e. The van der Waals surface area contributed by atoms with Crippen LogP contribution in [0.5, 0.6) is 5.75 Å². The smallest absolute Gasteiger partial charge is 0.262 e. The number of sulfonamides is 1. The molecule has 0 fully saturated rings. The minimum Gasteiger partial charge on any atom is -0.483 e. The van der Waals surface area contributed by atoms with Gasteiger partial charge >= 0.3 is 0 Å². The van der Waals surface area contributed by atoms with Gasteiger partial charge in [0.15, 0.2) is 6.61 Å². The van der Waals surface area contributed by atoms with E-state index in [9.17, 15) is 13.2 Å². The van der Waals surface area contributed by atoms with Crippen molar-refractivity contribution in [2.75, 3.05) is 11.9 Å². The minimum absolute atomic E-state index is 0.143. The lowest BCUT2D eigenvalue weighted by Crippen LogP contribution is -2.30. The van der Waals surface area contributed by atoms with Crippen LogP contribution in [-0.4, -0.2) is 27.0 Å². The number of rotatable bonds is 7. The number of anilines is 1. The summed E-state index contributed by atoms with van der Waals surface area (Å²) in [7, 11) is -3.55. The Balaban J connectivity index is 1.95. The predicted octanol–water partition coefficient (Wildman–Crippen LogP) is 3.46. The van der Waals surface area contributed by atoms with Crippen LogP contribution >= 0.6 is 15.9 Å². The van der Waals surface area contributed by atoms with Crippen LogP contribution in [0.3, 0.4) is 0 Å². The van der Waals surface area contributed by atoms with Crippen LogP contribution in [0.15, 0.2) is 51.8 Å². The van der Waals surface area contributed by atoms with Gasteiger partial charge in [-0.1, -0.05) is 6.07 Å². The molecule has 0 saturated heterocycles. The Labute approximate surface area is 162 Å². The maximum Gasteiger partial charge on any atom is 0.262 e. The Bertz CT molecular complexity index is 881. The van der Waals surface area contributed by atoms with E-state index in [1.165, 1.54) is 24.3 Å². The molecular formula is C18H21BrN2O4S. The highest BCUT2D eigenvalue weighted by Gasteiger charge is 2.15. The van der Waals surface area contributed by atoms with Crippen LogP contribution in [0.4, 0.5) is 5.69 Å². The highest BCUT2D eigenvalue weighted by atomic mass is 79.9. The molecule has 0 bridgehead atoms. The van der Waals surface area contributed by atoms with Gasteiger partial charge in [0, 0.05) is 11.7 Å². The zero-order valence-electron chi connectivity index (χ0n) is 14.7. The summed E-state index contributed by atoms with van der Waals surface area (Å²) in [6.07, 6.45) is 0. The first-order valence-electron chi connectivity index (χ1n) is 7.98. The molecule has 2 N–H and O–H groups in total. The van der Waals surface area contributed by atoms with E-state index in [4.69, 9.17) is 4.74 Å². The van der Waals surface area contributed by atoms with Gasteiger partial charge in [0.25, 0.3) is 5.91 Å². The van der Waals surface area contributed by atoms with Gasteiger partial charge in [-0.05, 0) is 78.7 Å². The van der Waals surface area contributed by atoms with Gasteiger partial charge in [-0.25, -0.2) is 13.1 Å². The molecular weight excluding hydrogens is 420 g/mol. The lowest BCUT2D eigenvalue weighted by Gasteiger charge is -2.11. The molecule has 2 aromatic carbocycles. The van der Waals surface area contributed by atoms with E-state index in [1.54, 1.807) is 19.9 Å². The second-order valence-electron chi connectivity index (χ2n) is 6.07. The summed E-state index contributed by atoms with van der Waals surface area (Å²) in [6, 6.07) is 11.3. The number of carbonyl (C=O) groups is 1. The van der Waals surface area contributed by atoms with Crippen LogP contribution in [0, 0.1) is 6.92 Å². The van der Waals surface area contributed by atoms with E-state index in [0.717, 1.165) is 10.0 Å². The summed E-state index contributed by atoms with van der Waals surface area (Å²) >= 11 is 3.39. The van der Waals surface area contributed by atoms with Crippen molar-refractivity contribution < 1.29 is 17.9 Å². The van der Waals surface area contributed by atoms with Crippen molar-refractivity contribution in [1.29, 1.82) is 0 Å². The van der Waals surface area contributed by atoms with E-state index >= 15 is 0 Å². The topological polar surface area (TPSA) is 84.5 Å². The Morgan fingerprint density at radius 2 is 1.81 bits per heavy atom. The van der Waals surface area contributed by atoms with Gasteiger partial charge in [-0.2, -0.15) is 0 Å². The van der Waals surface area contributed by atoms with Crippen LogP contribution < -0.4 is 14.8 Å². The number of amides is 1. The fraction of sp³-hybridized carbons (Fsp3) is 0.278. The summed E-state index contributed by atoms with van der Waals surface area (Å²) in [5.74, 6) is 0.236. The van der Waals surface area contributed by atoms with Crippen LogP contribution in [0.2, 0.25) is 0 Å². The van der Waals surface area contributed by atoms with Gasteiger partial charge in [0.1, 0.15) is 5.75 Å². The molecule has 2 rings (SSSR count). The third-order valence-electron chi connectivity index (χ3n) is 3.29. The summed E-state index contributed by atoms with van der Waals surface area (Å²) in [6.45, 7) is 5.30. The molecule has 2 aromatic rings. The normalized spacial score (nSPS) is 11.4. The van der Waals surface area contributed by atoms with Crippen molar-refractivity contribution in [1.82, 2.24) is 4.72 Å². The molecule has 26 heavy (non-hydrogen) atoms. The number of carbonyl (C=O) groups excluding carboxylic acids is 1. The average Bonchev–Trinajstić information content (AvgIpc) is 2.53. The van der Waals surface area contributed by atoms with Crippen LogP contribution in [0.25, 0.3) is 0 Å². The summed E-state index contributed by atoms with van der Waals surface area (Å²) < 4.78 is 32.9. The first-order valence-corrected chi connectivity index (χ1v) is 10.3. The van der Waals surface area contributed by atoms with Gasteiger partial charge in [0.05, 0.1) is 9.37 Å². The summed E-state index contributed by atoms with van der Waals surface area (Å²) in [4.78, 5) is 12.2. The standard InChI is InChI=1S/C18H21BrN2O4S/c1-12(2)21-26(23,24)15-7-5-14(6-8-15)20-18(22)11-25-17-9-4-13(3)10-16(17)19/h4-10,12,21H,11H2,1-3H3,(H,20,22). The highest BCUT2D eigenvalue weighted by molar-refractivity contribution is 9.10. The molecule has 0 radical (unpaired) electrons. The number of benzene rings is 2.